The van der Waals surface area contributed by atoms with Gasteiger partial charge in [0.05, 0.1) is 0 Å². The van der Waals surface area contributed by atoms with Crippen LogP contribution in [0.4, 0.5) is 0 Å². The van der Waals surface area contributed by atoms with E-state index in [4.69, 9.17) is 0 Å². The van der Waals surface area contributed by atoms with Crippen LogP contribution in [0.15, 0.2) is 58.7 Å². The van der Waals surface area contributed by atoms with Crippen LogP contribution in [-0.2, 0) is 4.79 Å². The number of hydrogen-bond acceptors (Lipinski definition) is 1. The predicted octanol–water partition coefficient (Wildman–Crippen LogP) is 5.72. The maximum Gasteiger partial charge on any atom is 0.143 e. The molecule has 0 amide bonds. The lowest BCUT2D eigenvalue weighted by molar-refractivity contribution is -0.104. The summed E-state index contributed by atoms with van der Waals surface area (Å²) in [5.74, 6) is 0. The van der Waals surface area contributed by atoms with Crippen LogP contribution >= 0.6 is 0 Å². The Bertz CT molecular complexity index is 522. The molecule has 0 unspecified atom stereocenters. The largest absolute Gasteiger partial charge is 0.299 e. The minimum atomic E-state index is 0.293. The van der Waals surface area contributed by atoms with Crippen molar-refractivity contribution in [2.75, 3.05) is 0 Å². The van der Waals surface area contributed by atoms with Gasteiger partial charge in [0.1, 0.15) is 6.29 Å². The van der Waals surface area contributed by atoms with E-state index in [1.807, 2.05) is 19.9 Å². The summed E-state index contributed by atoms with van der Waals surface area (Å²) >= 11 is 0. The van der Waals surface area contributed by atoms with Crippen LogP contribution in [0.5, 0.6) is 0 Å². The van der Waals surface area contributed by atoms with Crippen LogP contribution < -0.4 is 0 Å². The third kappa shape index (κ3) is 5.71. The molecule has 0 bridgehead atoms. The van der Waals surface area contributed by atoms with Crippen LogP contribution in [0.1, 0.15) is 53.9 Å². The highest BCUT2D eigenvalue weighted by Gasteiger charge is 2.26. The van der Waals surface area contributed by atoms with E-state index in [9.17, 15) is 4.79 Å². The number of aldehydes is 1. The van der Waals surface area contributed by atoms with Gasteiger partial charge in [-0.1, -0.05) is 55.4 Å². The first-order valence-corrected chi connectivity index (χ1v) is 7.72. The summed E-state index contributed by atoms with van der Waals surface area (Å²) in [7, 11) is 0. The van der Waals surface area contributed by atoms with Gasteiger partial charge in [0, 0.05) is 0 Å². The monoisotopic (exact) mass is 284 g/mol. The first-order valence-electron chi connectivity index (χ1n) is 7.72. The van der Waals surface area contributed by atoms with Gasteiger partial charge in [-0.05, 0) is 62.7 Å². The molecule has 1 heteroatoms. The van der Waals surface area contributed by atoms with E-state index in [0.29, 0.717) is 5.41 Å². The summed E-state index contributed by atoms with van der Waals surface area (Å²) in [6.07, 6.45) is 16.7. The molecular formula is C20H28O. The second kappa shape index (κ2) is 7.97. The standard InChI is InChI=1S/C20H28O/c1-16(15-17(2)12-14-21)9-6-7-11-19-18(3)10-8-13-20(19,4)5/h6-7,9,11-12,14-15H,8,10,13H2,1-5H3/b9-6+,11-7+,16-15-,17-12+. The van der Waals surface area contributed by atoms with Crippen molar-refractivity contribution in [3.05, 3.63) is 58.7 Å². The highest BCUT2D eigenvalue weighted by molar-refractivity contribution is 5.67. The molecule has 0 fully saturated rings. The van der Waals surface area contributed by atoms with Crippen molar-refractivity contribution >= 4 is 6.29 Å². The predicted molar refractivity (Wildman–Crippen MR) is 92.2 cm³/mol. The highest BCUT2D eigenvalue weighted by Crippen LogP contribution is 2.40. The lowest BCUT2D eigenvalue weighted by Crippen LogP contribution is -2.18. The molecule has 0 aliphatic heterocycles. The molecule has 0 aromatic rings. The summed E-state index contributed by atoms with van der Waals surface area (Å²) in [4.78, 5) is 10.4. The Morgan fingerprint density at radius 2 is 1.86 bits per heavy atom. The lowest BCUT2D eigenvalue weighted by atomic mass is 9.73. The van der Waals surface area contributed by atoms with E-state index in [1.165, 1.54) is 30.4 Å². The van der Waals surface area contributed by atoms with Crippen LogP contribution in [0.25, 0.3) is 0 Å². The summed E-state index contributed by atoms with van der Waals surface area (Å²) in [5, 5.41) is 0. The van der Waals surface area contributed by atoms with Crippen molar-refractivity contribution in [1.29, 1.82) is 0 Å². The van der Waals surface area contributed by atoms with Gasteiger partial charge in [-0.15, -0.1) is 0 Å². The molecular weight excluding hydrogens is 256 g/mol. The highest BCUT2D eigenvalue weighted by atomic mass is 16.1. The Hall–Kier alpha value is -1.63. The number of carbonyl (C=O) groups is 1. The summed E-state index contributed by atoms with van der Waals surface area (Å²) in [5.41, 5.74) is 5.41. The van der Waals surface area contributed by atoms with Gasteiger partial charge in [-0.3, -0.25) is 4.79 Å². The van der Waals surface area contributed by atoms with E-state index in [-0.39, 0.29) is 0 Å². The van der Waals surface area contributed by atoms with Crippen LogP contribution in [-0.4, -0.2) is 6.29 Å². The molecule has 0 atom stereocenters. The Morgan fingerprint density at radius 3 is 2.48 bits per heavy atom. The van der Waals surface area contributed by atoms with E-state index in [0.717, 1.165) is 17.4 Å². The molecule has 0 heterocycles. The Morgan fingerprint density at radius 1 is 1.14 bits per heavy atom. The zero-order valence-electron chi connectivity index (χ0n) is 14.1. The fraction of sp³-hybridized carbons (Fsp3) is 0.450. The lowest BCUT2D eigenvalue weighted by Gasteiger charge is -2.32. The molecule has 0 radical (unpaired) electrons. The molecule has 1 nitrogen and oxygen atoms in total. The summed E-state index contributed by atoms with van der Waals surface area (Å²) < 4.78 is 0. The average Bonchev–Trinajstić information content (AvgIpc) is 2.36. The fourth-order valence-electron chi connectivity index (χ4n) is 2.93. The molecule has 0 spiro atoms. The molecule has 0 aromatic heterocycles. The minimum Gasteiger partial charge on any atom is -0.299 e. The molecule has 0 saturated carbocycles. The van der Waals surface area contributed by atoms with Crippen molar-refractivity contribution in [3.63, 3.8) is 0 Å². The molecule has 0 N–H and O–H groups in total. The fourth-order valence-corrected chi connectivity index (χ4v) is 2.93. The Kier molecular flexibility index (Phi) is 6.61. The first-order chi connectivity index (χ1) is 9.86. The van der Waals surface area contributed by atoms with Gasteiger partial charge in [0.15, 0.2) is 0 Å². The normalized spacial score (nSPS) is 20.6. The van der Waals surface area contributed by atoms with Crippen molar-refractivity contribution in [2.24, 2.45) is 5.41 Å². The van der Waals surface area contributed by atoms with E-state index in [2.05, 4.69) is 45.1 Å². The van der Waals surface area contributed by atoms with Crippen LogP contribution in [0.3, 0.4) is 0 Å². The van der Waals surface area contributed by atoms with Gasteiger partial charge < -0.3 is 0 Å². The zero-order chi connectivity index (χ0) is 15.9. The van der Waals surface area contributed by atoms with Gasteiger partial charge in [0.25, 0.3) is 0 Å². The first kappa shape index (κ1) is 17.4. The zero-order valence-corrected chi connectivity index (χ0v) is 14.1. The quantitative estimate of drug-likeness (QED) is 0.358. The second-order valence-electron chi connectivity index (χ2n) is 6.58. The average molecular weight is 284 g/mol. The Balaban J connectivity index is 2.76. The van der Waals surface area contributed by atoms with E-state index < -0.39 is 0 Å². The molecule has 21 heavy (non-hydrogen) atoms. The van der Waals surface area contributed by atoms with Gasteiger partial charge in [-0.2, -0.15) is 0 Å². The number of rotatable bonds is 5. The summed E-state index contributed by atoms with van der Waals surface area (Å²) in [6, 6.07) is 0. The van der Waals surface area contributed by atoms with Crippen LogP contribution in [0.2, 0.25) is 0 Å². The van der Waals surface area contributed by atoms with E-state index in [1.54, 1.807) is 6.08 Å². The molecule has 0 saturated heterocycles. The van der Waals surface area contributed by atoms with Crippen molar-refractivity contribution in [3.8, 4) is 0 Å². The van der Waals surface area contributed by atoms with Crippen LogP contribution in [0, 0.1) is 5.41 Å². The molecule has 1 aliphatic rings. The smallest absolute Gasteiger partial charge is 0.143 e. The minimum absolute atomic E-state index is 0.293. The topological polar surface area (TPSA) is 17.1 Å². The molecule has 0 aromatic carbocycles. The maximum atomic E-state index is 10.4. The second-order valence-corrected chi connectivity index (χ2v) is 6.58. The third-order valence-electron chi connectivity index (χ3n) is 4.06. The number of carbonyl (C=O) groups excluding carboxylic acids is 1. The van der Waals surface area contributed by atoms with Gasteiger partial charge in [-0.25, -0.2) is 0 Å². The maximum absolute atomic E-state index is 10.4. The third-order valence-corrected chi connectivity index (χ3v) is 4.06. The SMILES string of the molecule is CC1=C(/C=C/C=C/C(C)=C\C(C)=C\C=O)C(C)(C)CCC1. The molecule has 114 valence electrons. The number of allylic oxidation sites excluding steroid dienone is 10. The van der Waals surface area contributed by atoms with Crippen molar-refractivity contribution in [2.45, 2.75) is 53.9 Å². The summed E-state index contributed by atoms with van der Waals surface area (Å²) in [6.45, 7) is 10.9. The van der Waals surface area contributed by atoms with Crippen molar-refractivity contribution in [1.82, 2.24) is 0 Å². The van der Waals surface area contributed by atoms with Crippen molar-refractivity contribution < 1.29 is 4.79 Å². The Labute approximate surface area is 129 Å². The van der Waals surface area contributed by atoms with E-state index >= 15 is 0 Å². The van der Waals surface area contributed by atoms with Gasteiger partial charge >= 0.3 is 0 Å². The molecule has 1 aliphatic carbocycles. The number of hydrogen-bond donors (Lipinski definition) is 0. The van der Waals surface area contributed by atoms with Gasteiger partial charge in [0.2, 0.25) is 0 Å². The molecule has 1 rings (SSSR count).